The van der Waals surface area contributed by atoms with Crippen molar-refractivity contribution in [2.24, 2.45) is 0 Å². The minimum Gasteiger partial charge on any atom is -0.383 e. The molecule has 2 atom stereocenters. The molecule has 2 bridgehead atoms. The van der Waals surface area contributed by atoms with Crippen molar-refractivity contribution in [1.29, 1.82) is 5.41 Å². The molecular formula is C22H21N5O. The van der Waals surface area contributed by atoms with E-state index in [1.807, 2.05) is 24.3 Å². The van der Waals surface area contributed by atoms with Gasteiger partial charge in [0.25, 0.3) is 0 Å². The molecule has 1 aromatic carbocycles. The van der Waals surface area contributed by atoms with E-state index in [9.17, 15) is 0 Å². The van der Waals surface area contributed by atoms with Crippen LogP contribution in [0.1, 0.15) is 53.4 Å². The average molecular weight is 371 g/mol. The van der Waals surface area contributed by atoms with Crippen LogP contribution in [0.3, 0.4) is 0 Å². The molecule has 0 spiro atoms. The van der Waals surface area contributed by atoms with Crippen LogP contribution < -0.4 is 11.2 Å². The third-order valence-corrected chi connectivity index (χ3v) is 6.21. The molecule has 140 valence electrons. The monoisotopic (exact) mass is 371 g/mol. The zero-order chi connectivity index (χ0) is 19.4. The Morgan fingerprint density at radius 1 is 1.21 bits per heavy atom. The van der Waals surface area contributed by atoms with Crippen LogP contribution in [0.15, 0.2) is 37.0 Å². The van der Waals surface area contributed by atoms with Crippen LogP contribution in [0.4, 0.5) is 5.82 Å². The minimum atomic E-state index is 0.390. The minimum absolute atomic E-state index is 0.390. The number of anilines is 1. The molecule has 28 heavy (non-hydrogen) atoms. The predicted octanol–water partition coefficient (Wildman–Crippen LogP) is 4.19. The van der Waals surface area contributed by atoms with Gasteiger partial charge in [-0.25, -0.2) is 9.97 Å². The van der Waals surface area contributed by atoms with E-state index in [0.29, 0.717) is 28.9 Å². The number of nitrogens with one attached hydrogen (secondary N) is 2. The first kappa shape index (κ1) is 16.9. The Bertz CT molecular complexity index is 1140. The highest BCUT2D eigenvalue weighted by atomic mass is 16.5. The first-order valence-corrected chi connectivity index (χ1v) is 9.44. The molecule has 5 N–H and O–H groups in total. The Balaban J connectivity index is 1.78. The van der Waals surface area contributed by atoms with Crippen molar-refractivity contribution < 1.29 is 5.21 Å². The molecule has 2 heterocycles. The number of hydrogen-bond acceptors (Lipinski definition) is 6. The summed E-state index contributed by atoms with van der Waals surface area (Å²) in [4.78, 5) is 9.24. The van der Waals surface area contributed by atoms with E-state index in [4.69, 9.17) is 21.3 Å². The van der Waals surface area contributed by atoms with Gasteiger partial charge in [-0.15, -0.1) is 0 Å². The second kappa shape index (κ2) is 6.14. The lowest BCUT2D eigenvalue weighted by atomic mass is 9.85. The summed E-state index contributed by atoms with van der Waals surface area (Å²) in [6.45, 7) is 3.78. The lowest BCUT2D eigenvalue weighted by Crippen LogP contribution is -2.08. The fraction of sp³-hybridized carbons (Fsp3) is 0.227. The highest BCUT2D eigenvalue weighted by Gasteiger charge is 2.41. The first-order chi connectivity index (χ1) is 13.6. The number of nitrogen functional groups attached to an aromatic ring is 1. The van der Waals surface area contributed by atoms with E-state index in [-0.39, 0.29) is 0 Å². The second-order valence-corrected chi connectivity index (χ2v) is 7.62. The van der Waals surface area contributed by atoms with Gasteiger partial charge in [-0.3, -0.25) is 10.7 Å². The largest absolute Gasteiger partial charge is 0.383 e. The highest BCUT2D eigenvalue weighted by Crippen LogP contribution is 2.57. The maximum Gasteiger partial charge on any atom is 0.132 e. The lowest BCUT2D eigenvalue weighted by molar-refractivity contribution is 0.225. The molecule has 2 aromatic heterocycles. The van der Waals surface area contributed by atoms with E-state index >= 15 is 0 Å². The quantitative estimate of drug-likeness (QED) is 0.406. The highest BCUT2D eigenvalue weighted by molar-refractivity contribution is 6.04. The number of pyridine rings is 2. The second-order valence-electron chi connectivity index (χ2n) is 7.62. The van der Waals surface area contributed by atoms with E-state index in [1.54, 1.807) is 6.20 Å². The molecule has 0 radical (unpaired) electrons. The van der Waals surface area contributed by atoms with Crippen LogP contribution in [0, 0.1) is 5.41 Å². The van der Waals surface area contributed by atoms with Crippen LogP contribution in [-0.2, 0) is 0 Å². The van der Waals surface area contributed by atoms with Crippen LogP contribution in [0.5, 0.6) is 0 Å². The smallest absolute Gasteiger partial charge is 0.132 e. The number of hydroxylamine groups is 1. The molecule has 0 saturated heterocycles. The van der Waals surface area contributed by atoms with Crippen molar-refractivity contribution in [3.05, 3.63) is 59.3 Å². The van der Waals surface area contributed by atoms with Gasteiger partial charge in [0.2, 0.25) is 0 Å². The van der Waals surface area contributed by atoms with Crippen LogP contribution in [0.2, 0.25) is 0 Å². The van der Waals surface area contributed by atoms with E-state index < -0.39 is 0 Å². The molecule has 6 heteroatoms. The molecule has 0 amide bonds. The molecule has 2 unspecified atom stereocenters. The number of nitrogens with zero attached hydrogens (tertiary/aromatic N) is 2. The van der Waals surface area contributed by atoms with Crippen molar-refractivity contribution in [3.8, 4) is 11.3 Å². The van der Waals surface area contributed by atoms with E-state index in [2.05, 4.69) is 17.0 Å². The summed E-state index contributed by atoms with van der Waals surface area (Å²) >= 11 is 0. The third-order valence-electron chi connectivity index (χ3n) is 6.21. The number of benzene rings is 1. The summed E-state index contributed by atoms with van der Waals surface area (Å²) in [7, 11) is 0. The normalized spacial score (nSPS) is 19.6. The Hall–Kier alpha value is -3.25. The summed E-state index contributed by atoms with van der Waals surface area (Å²) in [5, 5.41) is 17.9. The van der Waals surface area contributed by atoms with Crippen molar-refractivity contribution in [3.63, 3.8) is 0 Å². The predicted molar refractivity (Wildman–Crippen MR) is 111 cm³/mol. The zero-order valence-electron chi connectivity index (χ0n) is 15.4. The van der Waals surface area contributed by atoms with Gasteiger partial charge in [0.05, 0.1) is 23.1 Å². The summed E-state index contributed by atoms with van der Waals surface area (Å²) in [5.74, 6) is 1.40. The Morgan fingerprint density at radius 2 is 1.93 bits per heavy atom. The summed E-state index contributed by atoms with van der Waals surface area (Å²) in [6, 6.07) is 7.88. The van der Waals surface area contributed by atoms with Gasteiger partial charge in [0.15, 0.2) is 0 Å². The number of rotatable bonds is 4. The molecule has 6 nitrogen and oxygen atoms in total. The topological polar surface area (TPSA) is 108 Å². The van der Waals surface area contributed by atoms with Crippen molar-refractivity contribution in [2.45, 2.75) is 31.1 Å². The van der Waals surface area contributed by atoms with Gasteiger partial charge in [-0.2, -0.15) is 0 Å². The molecule has 5 rings (SSSR count). The van der Waals surface area contributed by atoms with Crippen molar-refractivity contribution in [2.75, 3.05) is 5.73 Å². The third kappa shape index (κ3) is 2.28. The molecule has 2 aliphatic carbocycles. The molecule has 0 aliphatic heterocycles. The summed E-state index contributed by atoms with van der Waals surface area (Å²) in [5.41, 5.74) is 15.6. The van der Waals surface area contributed by atoms with Gasteiger partial charge >= 0.3 is 0 Å². The first-order valence-electron chi connectivity index (χ1n) is 9.44. The Labute approximate surface area is 162 Å². The Morgan fingerprint density at radius 3 is 2.61 bits per heavy atom. The molecule has 1 fully saturated rings. The van der Waals surface area contributed by atoms with Crippen LogP contribution >= 0.6 is 0 Å². The zero-order valence-corrected chi connectivity index (χ0v) is 15.4. The number of nitrogens with two attached hydrogens (primary N) is 1. The van der Waals surface area contributed by atoms with Crippen LogP contribution in [-0.4, -0.2) is 21.4 Å². The van der Waals surface area contributed by atoms with Gasteiger partial charge in [0, 0.05) is 22.7 Å². The van der Waals surface area contributed by atoms with Gasteiger partial charge in [-0.05, 0) is 47.8 Å². The maximum atomic E-state index is 9.07. The van der Waals surface area contributed by atoms with E-state index in [1.165, 1.54) is 30.2 Å². The maximum absolute atomic E-state index is 9.07. The summed E-state index contributed by atoms with van der Waals surface area (Å²) in [6.07, 6.45) is 6.53. The lowest BCUT2D eigenvalue weighted by Gasteiger charge is -2.22. The Kier molecular flexibility index (Phi) is 3.70. The SMILES string of the molecule is C=C(NO)c1ccc(-c2nc3cnc(N)c(C=N)c3c3c2C2CCC3C2)cc1. The standard InChI is InChI=1S/C22H21N5O/c1-11(27-28)12-2-4-13(5-3-12)21-19-15-7-6-14(8-15)18(19)20-16(9-23)22(24)25-10-17(20)26-21/h2-5,9-10,14-15,23,27-28H,1,6-8H2,(H2,24,25). The average Bonchev–Trinajstić information content (AvgIpc) is 3.35. The molecule has 1 saturated carbocycles. The van der Waals surface area contributed by atoms with Gasteiger partial charge in [-0.1, -0.05) is 30.8 Å². The van der Waals surface area contributed by atoms with Crippen LogP contribution in [0.25, 0.3) is 27.9 Å². The molecule has 3 aromatic rings. The van der Waals surface area contributed by atoms with E-state index in [0.717, 1.165) is 34.1 Å². The molecular weight excluding hydrogens is 350 g/mol. The number of fused-ring (bicyclic) bond motifs is 7. The van der Waals surface area contributed by atoms with Gasteiger partial charge in [0.1, 0.15) is 5.82 Å². The fourth-order valence-corrected chi connectivity index (χ4v) is 4.94. The summed E-state index contributed by atoms with van der Waals surface area (Å²) < 4.78 is 0. The number of hydrogen-bond donors (Lipinski definition) is 4. The van der Waals surface area contributed by atoms with Gasteiger partial charge < -0.3 is 11.1 Å². The van der Waals surface area contributed by atoms with Crippen molar-refractivity contribution in [1.82, 2.24) is 15.4 Å². The fourth-order valence-electron chi connectivity index (χ4n) is 4.94. The molecule has 2 aliphatic rings. The van der Waals surface area contributed by atoms with Crippen molar-refractivity contribution >= 4 is 28.6 Å². The number of aromatic nitrogens is 2.